The maximum absolute atomic E-state index is 4.25. The molecular weight excluding hydrogens is 232 g/mol. The third-order valence-electron chi connectivity index (χ3n) is 3.92. The first-order valence-corrected chi connectivity index (χ1v) is 6.61. The molecular formula is C17H22N2. The molecule has 0 radical (unpaired) electrons. The molecule has 1 aromatic carbocycles. The Morgan fingerprint density at radius 3 is 2.11 bits per heavy atom. The van der Waals surface area contributed by atoms with E-state index in [0.717, 1.165) is 0 Å². The lowest BCUT2D eigenvalue weighted by Gasteiger charge is -2.33. The molecule has 2 heteroatoms. The van der Waals surface area contributed by atoms with E-state index in [-0.39, 0.29) is 5.54 Å². The van der Waals surface area contributed by atoms with Crippen molar-refractivity contribution in [1.82, 2.24) is 9.88 Å². The number of rotatable bonds is 3. The van der Waals surface area contributed by atoms with Crippen LogP contribution in [0.1, 0.15) is 25.0 Å². The van der Waals surface area contributed by atoms with Crippen LogP contribution in [0, 0.1) is 6.92 Å². The first kappa shape index (κ1) is 13.8. The smallest absolute Gasteiger partial charge is 0.0398 e. The second kappa shape index (κ2) is 5.14. The normalized spacial score (nSPS) is 11.9. The monoisotopic (exact) mass is 254 g/mol. The summed E-state index contributed by atoms with van der Waals surface area (Å²) < 4.78 is 0. The van der Waals surface area contributed by atoms with Crippen LogP contribution in [0.5, 0.6) is 0 Å². The minimum Gasteiger partial charge on any atom is -0.300 e. The zero-order chi connectivity index (χ0) is 14.0. The highest BCUT2D eigenvalue weighted by Gasteiger charge is 2.22. The Balaban J connectivity index is 2.34. The molecule has 19 heavy (non-hydrogen) atoms. The summed E-state index contributed by atoms with van der Waals surface area (Å²) in [7, 11) is 4.22. The fourth-order valence-corrected chi connectivity index (χ4v) is 2.04. The van der Waals surface area contributed by atoms with Crippen molar-refractivity contribution < 1.29 is 0 Å². The van der Waals surface area contributed by atoms with Crippen molar-refractivity contribution in [1.29, 1.82) is 0 Å². The lowest BCUT2D eigenvalue weighted by Crippen LogP contribution is -2.35. The summed E-state index contributed by atoms with van der Waals surface area (Å²) in [4.78, 5) is 6.48. The molecule has 0 saturated heterocycles. The highest BCUT2D eigenvalue weighted by Crippen LogP contribution is 2.28. The molecule has 0 unspecified atom stereocenters. The Labute approximate surface area is 116 Å². The van der Waals surface area contributed by atoms with Gasteiger partial charge < -0.3 is 4.90 Å². The molecule has 0 saturated carbocycles. The SMILES string of the molecule is Cc1cncc(-c2ccc(C(C)(C)N(C)C)cc2)c1. The van der Waals surface area contributed by atoms with Gasteiger partial charge in [-0.2, -0.15) is 0 Å². The average Bonchev–Trinajstić information content (AvgIpc) is 2.38. The summed E-state index contributed by atoms with van der Waals surface area (Å²) in [6, 6.07) is 10.9. The van der Waals surface area contributed by atoms with Crippen LogP contribution in [-0.4, -0.2) is 24.0 Å². The van der Waals surface area contributed by atoms with E-state index in [9.17, 15) is 0 Å². The largest absolute Gasteiger partial charge is 0.300 e. The third kappa shape index (κ3) is 2.85. The van der Waals surface area contributed by atoms with Crippen molar-refractivity contribution >= 4 is 0 Å². The van der Waals surface area contributed by atoms with Gasteiger partial charge >= 0.3 is 0 Å². The lowest BCUT2D eigenvalue weighted by molar-refractivity contribution is 0.198. The standard InChI is InChI=1S/C17H22N2/c1-13-10-15(12-18-11-13)14-6-8-16(9-7-14)17(2,3)19(4)5/h6-12H,1-5H3. The zero-order valence-electron chi connectivity index (χ0n) is 12.4. The molecule has 0 bridgehead atoms. The molecule has 1 aromatic heterocycles. The molecule has 0 N–H and O–H groups in total. The molecule has 0 aliphatic heterocycles. The van der Waals surface area contributed by atoms with Crippen LogP contribution >= 0.6 is 0 Å². The van der Waals surface area contributed by atoms with Gasteiger partial charge in [-0.1, -0.05) is 24.3 Å². The van der Waals surface area contributed by atoms with E-state index in [1.54, 1.807) is 0 Å². The predicted molar refractivity (Wildman–Crippen MR) is 81.1 cm³/mol. The van der Waals surface area contributed by atoms with Gasteiger partial charge in [0.25, 0.3) is 0 Å². The van der Waals surface area contributed by atoms with Crippen molar-refractivity contribution in [3.8, 4) is 11.1 Å². The molecule has 0 spiro atoms. The molecule has 0 fully saturated rings. The van der Waals surface area contributed by atoms with Crippen molar-refractivity contribution in [3.05, 3.63) is 53.9 Å². The topological polar surface area (TPSA) is 16.1 Å². The quantitative estimate of drug-likeness (QED) is 0.827. The van der Waals surface area contributed by atoms with Crippen LogP contribution in [-0.2, 0) is 5.54 Å². The highest BCUT2D eigenvalue weighted by molar-refractivity contribution is 5.63. The Hall–Kier alpha value is -1.67. The Morgan fingerprint density at radius 2 is 1.58 bits per heavy atom. The van der Waals surface area contributed by atoms with E-state index in [1.165, 1.54) is 22.3 Å². The summed E-state index contributed by atoms with van der Waals surface area (Å²) in [6.45, 7) is 6.53. The van der Waals surface area contributed by atoms with E-state index in [4.69, 9.17) is 0 Å². The van der Waals surface area contributed by atoms with Gasteiger partial charge in [-0.3, -0.25) is 4.98 Å². The van der Waals surface area contributed by atoms with Crippen LogP contribution in [0.2, 0.25) is 0 Å². The molecule has 2 rings (SSSR count). The molecule has 100 valence electrons. The second-order valence-electron chi connectivity index (χ2n) is 5.78. The molecule has 1 heterocycles. The average molecular weight is 254 g/mol. The van der Waals surface area contributed by atoms with E-state index >= 15 is 0 Å². The molecule has 0 atom stereocenters. The van der Waals surface area contributed by atoms with Gasteiger partial charge in [0.2, 0.25) is 0 Å². The summed E-state index contributed by atoms with van der Waals surface area (Å²) in [5.74, 6) is 0. The van der Waals surface area contributed by atoms with Crippen LogP contribution in [0.3, 0.4) is 0 Å². The van der Waals surface area contributed by atoms with E-state index in [2.05, 4.69) is 75.1 Å². The third-order valence-corrected chi connectivity index (χ3v) is 3.92. The lowest BCUT2D eigenvalue weighted by atomic mass is 9.91. The van der Waals surface area contributed by atoms with Gasteiger partial charge in [-0.05, 0) is 57.6 Å². The van der Waals surface area contributed by atoms with Gasteiger partial charge in [0, 0.05) is 23.5 Å². The number of nitrogens with zero attached hydrogens (tertiary/aromatic N) is 2. The van der Waals surface area contributed by atoms with E-state index in [0.29, 0.717) is 0 Å². The van der Waals surface area contributed by atoms with Crippen LogP contribution in [0.4, 0.5) is 0 Å². The van der Waals surface area contributed by atoms with Gasteiger partial charge in [0.15, 0.2) is 0 Å². The maximum Gasteiger partial charge on any atom is 0.0398 e. The van der Waals surface area contributed by atoms with Crippen LogP contribution in [0.25, 0.3) is 11.1 Å². The second-order valence-corrected chi connectivity index (χ2v) is 5.78. The number of aromatic nitrogens is 1. The first-order valence-electron chi connectivity index (χ1n) is 6.61. The number of benzene rings is 1. The van der Waals surface area contributed by atoms with Gasteiger partial charge in [-0.15, -0.1) is 0 Å². The fourth-order valence-electron chi connectivity index (χ4n) is 2.04. The van der Waals surface area contributed by atoms with Crippen molar-refractivity contribution in [2.24, 2.45) is 0 Å². The van der Waals surface area contributed by atoms with Gasteiger partial charge in [0.1, 0.15) is 0 Å². The number of hydrogen-bond acceptors (Lipinski definition) is 2. The fraction of sp³-hybridized carbons (Fsp3) is 0.353. The van der Waals surface area contributed by atoms with Crippen molar-refractivity contribution in [3.63, 3.8) is 0 Å². The molecule has 0 aliphatic carbocycles. The molecule has 0 aliphatic rings. The first-order chi connectivity index (χ1) is 8.91. The summed E-state index contributed by atoms with van der Waals surface area (Å²) >= 11 is 0. The summed E-state index contributed by atoms with van der Waals surface area (Å²) in [6.07, 6.45) is 3.80. The molecule has 2 aromatic rings. The Kier molecular flexibility index (Phi) is 3.72. The predicted octanol–water partition coefficient (Wildman–Crippen LogP) is 3.85. The summed E-state index contributed by atoms with van der Waals surface area (Å²) in [5.41, 5.74) is 4.95. The number of pyridine rings is 1. The highest BCUT2D eigenvalue weighted by atomic mass is 15.1. The van der Waals surface area contributed by atoms with Crippen LogP contribution in [0.15, 0.2) is 42.7 Å². The minimum atomic E-state index is 0.0450. The Bertz CT molecular complexity index is 554. The summed E-state index contributed by atoms with van der Waals surface area (Å²) in [5, 5.41) is 0. The van der Waals surface area contributed by atoms with Crippen molar-refractivity contribution in [2.45, 2.75) is 26.3 Å². The van der Waals surface area contributed by atoms with E-state index < -0.39 is 0 Å². The van der Waals surface area contributed by atoms with Crippen LogP contribution < -0.4 is 0 Å². The maximum atomic E-state index is 4.25. The number of aryl methyl sites for hydroxylation is 1. The van der Waals surface area contributed by atoms with E-state index in [1.807, 2.05) is 12.4 Å². The van der Waals surface area contributed by atoms with Crippen molar-refractivity contribution in [2.75, 3.05) is 14.1 Å². The minimum absolute atomic E-state index is 0.0450. The Morgan fingerprint density at radius 1 is 0.947 bits per heavy atom. The molecule has 0 amide bonds. The molecule has 2 nitrogen and oxygen atoms in total. The number of hydrogen-bond donors (Lipinski definition) is 0. The zero-order valence-corrected chi connectivity index (χ0v) is 12.4. The van der Waals surface area contributed by atoms with Gasteiger partial charge in [-0.25, -0.2) is 0 Å². The van der Waals surface area contributed by atoms with Gasteiger partial charge in [0.05, 0.1) is 0 Å².